The van der Waals surface area contributed by atoms with Crippen LogP contribution in [0.5, 0.6) is 0 Å². The third-order valence-corrected chi connectivity index (χ3v) is 6.21. The van der Waals surface area contributed by atoms with Gasteiger partial charge in [0.05, 0.1) is 30.9 Å². The number of thioether (sulfide) groups is 1. The number of anilines is 2. The van der Waals surface area contributed by atoms with E-state index in [1.54, 1.807) is 24.2 Å². The number of hydrogen-bond donors (Lipinski definition) is 2. The lowest BCUT2D eigenvalue weighted by Crippen LogP contribution is -2.36. The van der Waals surface area contributed by atoms with Gasteiger partial charge in [0.2, 0.25) is 5.91 Å². The fourth-order valence-electron chi connectivity index (χ4n) is 3.53. The number of rotatable bonds is 8. The normalized spacial score (nSPS) is 16.6. The van der Waals surface area contributed by atoms with Crippen molar-refractivity contribution in [3.63, 3.8) is 0 Å². The molecule has 0 bridgehead atoms. The van der Waals surface area contributed by atoms with E-state index in [1.165, 1.54) is 6.08 Å². The van der Waals surface area contributed by atoms with E-state index in [2.05, 4.69) is 32.1 Å². The Balaban J connectivity index is 1.60. The number of carbonyl (C=O) groups is 1. The maximum Gasteiger partial charge on any atom is 0.247 e. The first-order chi connectivity index (χ1) is 17.6. The minimum absolute atomic E-state index is 0.272. The first-order valence-corrected chi connectivity index (χ1v) is 12.7. The molecule has 0 aliphatic carbocycles. The highest BCUT2D eigenvalue weighted by Gasteiger charge is 2.16. The van der Waals surface area contributed by atoms with E-state index in [-0.39, 0.29) is 5.91 Å². The van der Waals surface area contributed by atoms with Crippen molar-refractivity contribution in [1.82, 2.24) is 14.9 Å². The number of benzene rings is 1. The molecule has 4 rings (SSSR count). The number of allylic oxidation sites excluding steroid dienone is 2. The second-order valence-corrected chi connectivity index (χ2v) is 8.99. The Bertz CT molecular complexity index is 1220. The Hall–Kier alpha value is -3.60. The van der Waals surface area contributed by atoms with E-state index in [1.807, 2.05) is 49.4 Å². The number of hydrogen-bond acceptors (Lipinski definition) is 9. The number of aromatic nitrogens is 2. The Morgan fingerprint density at radius 3 is 2.89 bits per heavy atom. The molecule has 1 aromatic carbocycles. The molecule has 0 atom stereocenters. The molecule has 3 heterocycles. The second-order valence-electron chi connectivity index (χ2n) is 7.99. The largest absolute Gasteiger partial charge is 0.379 e. The Labute approximate surface area is 215 Å². The van der Waals surface area contributed by atoms with Gasteiger partial charge in [-0.3, -0.25) is 9.69 Å². The molecule has 0 spiro atoms. The van der Waals surface area contributed by atoms with Gasteiger partial charge in [-0.15, -0.1) is 0 Å². The summed E-state index contributed by atoms with van der Waals surface area (Å²) in [5.74, 6) is 2.40. The minimum atomic E-state index is -0.272. The lowest BCUT2D eigenvalue weighted by Gasteiger charge is -2.26. The summed E-state index contributed by atoms with van der Waals surface area (Å²) in [6, 6.07) is 9.41. The zero-order valence-electron chi connectivity index (χ0n) is 20.2. The molecule has 1 aromatic heterocycles. The summed E-state index contributed by atoms with van der Waals surface area (Å²) >= 11 is 1.61. The van der Waals surface area contributed by atoms with Crippen LogP contribution in [0.2, 0.25) is 0 Å². The van der Waals surface area contributed by atoms with Gasteiger partial charge < -0.3 is 15.4 Å². The average Bonchev–Trinajstić information content (AvgIpc) is 2.90. The van der Waals surface area contributed by atoms with Gasteiger partial charge in [-0.1, -0.05) is 36.5 Å². The van der Waals surface area contributed by atoms with Crippen LogP contribution in [0, 0.1) is 0 Å². The van der Waals surface area contributed by atoms with Gasteiger partial charge >= 0.3 is 0 Å². The van der Waals surface area contributed by atoms with E-state index in [9.17, 15) is 4.79 Å². The maximum atomic E-state index is 11.8. The van der Waals surface area contributed by atoms with E-state index < -0.39 is 0 Å². The summed E-state index contributed by atoms with van der Waals surface area (Å²) < 4.78 is 5.48. The van der Waals surface area contributed by atoms with Crippen LogP contribution < -0.4 is 10.6 Å². The predicted molar refractivity (Wildman–Crippen MR) is 147 cm³/mol. The van der Waals surface area contributed by atoms with Crippen LogP contribution >= 0.6 is 11.8 Å². The monoisotopic (exact) mass is 503 g/mol. The summed E-state index contributed by atoms with van der Waals surface area (Å²) in [4.78, 5) is 32.6. The van der Waals surface area contributed by atoms with Crippen molar-refractivity contribution in [2.24, 2.45) is 9.98 Å². The van der Waals surface area contributed by atoms with Crippen LogP contribution in [0.15, 0.2) is 76.4 Å². The van der Waals surface area contributed by atoms with Crippen LogP contribution in [0.1, 0.15) is 12.6 Å². The Morgan fingerprint density at radius 1 is 1.28 bits per heavy atom. The lowest BCUT2D eigenvalue weighted by atomic mass is 10.1. The summed E-state index contributed by atoms with van der Waals surface area (Å²) in [5, 5.41) is 7.00. The summed E-state index contributed by atoms with van der Waals surface area (Å²) in [5.41, 5.74) is 2.34. The van der Waals surface area contributed by atoms with Crippen LogP contribution in [-0.4, -0.2) is 64.9 Å². The topological polar surface area (TPSA) is 104 Å². The standard InChI is InChI=1S/C26H29N7O2S/c1-3-5-9-27-25-16-28-23(18-36-25)31-22-15-21(17-33-10-12-35-13-11-33)30-26(32-22)19-7-6-8-20(14-19)29-24(34)4-2/h3-9,14-16H,2,10-13,17-18H2,1H3,(H,29,34)(H,28,30,31,32)/b5-3-,27-9-. The lowest BCUT2D eigenvalue weighted by molar-refractivity contribution is -0.111. The predicted octanol–water partition coefficient (Wildman–Crippen LogP) is 4.10. The second kappa shape index (κ2) is 12.9. The van der Waals surface area contributed by atoms with Crippen LogP contribution in [0.3, 0.4) is 0 Å². The number of nitrogens with zero attached hydrogens (tertiary/aromatic N) is 5. The number of aliphatic imine (C=N–C) groups is 2. The number of carbonyl (C=O) groups excluding carboxylic acids is 1. The van der Waals surface area contributed by atoms with Crippen LogP contribution in [0.25, 0.3) is 11.4 Å². The van der Waals surface area contributed by atoms with Crippen molar-refractivity contribution in [3.8, 4) is 11.4 Å². The van der Waals surface area contributed by atoms with Gasteiger partial charge in [0.25, 0.3) is 0 Å². The molecule has 1 amide bonds. The minimum Gasteiger partial charge on any atom is -0.379 e. The number of nitrogens with one attached hydrogen (secondary N) is 2. The summed E-state index contributed by atoms with van der Waals surface area (Å²) in [6.07, 6.45) is 8.56. The molecule has 9 nitrogen and oxygen atoms in total. The molecular weight excluding hydrogens is 474 g/mol. The van der Waals surface area contributed by atoms with Crippen molar-refractivity contribution in [2.75, 3.05) is 42.7 Å². The molecular formula is C26H29N7O2S. The molecule has 10 heteroatoms. The van der Waals surface area contributed by atoms with E-state index >= 15 is 0 Å². The highest BCUT2D eigenvalue weighted by Crippen LogP contribution is 2.25. The molecule has 2 aliphatic rings. The molecule has 0 radical (unpaired) electrons. The van der Waals surface area contributed by atoms with E-state index in [4.69, 9.17) is 14.7 Å². The van der Waals surface area contributed by atoms with Gasteiger partial charge in [-0.05, 0) is 31.2 Å². The first kappa shape index (κ1) is 25.5. The van der Waals surface area contributed by atoms with Gasteiger partial charge in [0.1, 0.15) is 16.7 Å². The smallest absolute Gasteiger partial charge is 0.247 e. The Kier molecular flexibility index (Phi) is 9.15. The molecule has 186 valence electrons. The highest BCUT2D eigenvalue weighted by molar-refractivity contribution is 8.03. The zero-order chi connectivity index (χ0) is 25.2. The number of ether oxygens (including phenoxy) is 1. The molecule has 1 fully saturated rings. The molecule has 1 saturated heterocycles. The SMILES string of the molecule is C=CC(=O)Nc1cccc(-c2nc(CN3CCOCC3)cc(NC3=NC=C(/N=C\C=C/C)SC3)n2)c1. The fraction of sp³-hybridized carbons (Fsp3) is 0.269. The molecule has 0 saturated carbocycles. The molecule has 2 N–H and O–H groups in total. The van der Waals surface area contributed by atoms with Crippen molar-refractivity contribution in [2.45, 2.75) is 13.5 Å². The molecule has 2 aromatic rings. The van der Waals surface area contributed by atoms with Gasteiger partial charge in [0, 0.05) is 43.2 Å². The number of morpholine rings is 1. The summed E-state index contributed by atoms with van der Waals surface area (Å²) in [7, 11) is 0. The van der Waals surface area contributed by atoms with Crippen LogP contribution in [0.4, 0.5) is 11.5 Å². The summed E-state index contributed by atoms with van der Waals surface area (Å²) in [6.45, 7) is 9.29. The van der Waals surface area contributed by atoms with Crippen molar-refractivity contribution < 1.29 is 9.53 Å². The van der Waals surface area contributed by atoms with Gasteiger partial charge in [-0.25, -0.2) is 20.0 Å². The van der Waals surface area contributed by atoms with Crippen molar-refractivity contribution >= 4 is 41.2 Å². The van der Waals surface area contributed by atoms with E-state index in [0.717, 1.165) is 35.2 Å². The molecule has 2 aliphatic heterocycles. The van der Waals surface area contributed by atoms with Gasteiger partial charge in [-0.2, -0.15) is 0 Å². The number of amides is 1. The highest BCUT2D eigenvalue weighted by atomic mass is 32.2. The molecule has 0 unspecified atom stereocenters. The maximum absolute atomic E-state index is 11.8. The Morgan fingerprint density at radius 2 is 2.14 bits per heavy atom. The molecule has 36 heavy (non-hydrogen) atoms. The van der Waals surface area contributed by atoms with Crippen LogP contribution in [-0.2, 0) is 16.1 Å². The quantitative estimate of drug-likeness (QED) is 0.413. The third-order valence-electron chi connectivity index (χ3n) is 5.28. The van der Waals surface area contributed by atoms with Crippen molar-refractivity contribution in [1.29, 1.82) is 0 Å². The third kappa shape index (κ3) is 7.45. The van der Waals surface area contributed by atoms with Crippen molar-refractivity contribution in [3.05, 3.63) is 72.1 Å². The van der Waals surface area contributed by atoms with E-state index in [0.29, 0.717) is 42.8 Å². The fourth-order valence-corrected chi connectivity index (χ4v) is 4.22. The zero-order valence-corrected chi connectivity index (χ0v) is 21.0. The number of amidine groups is 1. The van der Waals surface area contributed by atoms with Gasteiger partial charge in [0.15, 0.2) is 5.82 Å². The first-order valence-electron chi connectivity index (χ1n) is 11.7. The average molecular weight is 504 g/mol.